The number of anilines is 2. The van der Waals surface area contributed by atoms with E-state index in [0.29, 0.717) is 38.0 Å². The molecule has 0 radical (unpaired) electrons. The molecule has 0 bridgehead atoms. The van der Waals surface area contributed by atoms with Gasteiger partial charge in [-0.2, -0.15) is 0 Å². The molecule has 180 valence electrons. The number of benzene rings is 3. The summed E-state index contributed by atoms with van der Waals surface area (Å²) < 4.78 is 6.23. The summed E-state index contributed by atoms with van der Waals surface area (Å²) in [7, 11) is 0. The monoisotopic (exact) mass is 538 g/mol. The van der Waals surface area contributed by atoms with Crippen LogP contribution in [0.15, 0.2) is 89.3 Å². The Morgan fingerprint density at radius 1 is 0.722 bits per heavy atom. The number of nitrogens with zero attached hydrogens (tertiary/aromatic N) is 2. The Balaban J connectivity index is 1.41. The molecule has 1 aromatic heterocycles. The zero-order valence-electron chi connectivity index (χ0n) is 18.5. The molecule has 9 heteroatoms. The summed E-state index contributed by atoms with van der Waals surface area (Å²) in [6, 6.07) is 23.9. The number of furan rings is 1. The molecule has 2 aliphatic rings. The first-order chi connectivity index (χ1) is 17.4. The first-order valence-electron chi connectivity index (χ1n) is 11.1. The third-order valence-corrected chi connectivity index (χ3v) is 7.32. The van der Waals surface area contributed by atoms with Crippen LogP contribution in [-0.2, 0) is 14.4 Å². The topological polar surface area (TPSA) is 63.0 Å². The molecule has 3 atom stereocenters. The number of hydroxylamine groups is 1. The number of rotatable bonds is 4. The minimum Gasteiger partial charge on any atom is -0.459 e. The highest BCUT2D eigenvalue weighted by Crippen LogP contribution is 2.48. The summed E-state index contributed by atoms with van der Waals surface area (Å²) in [6.07, 6.45) is -1.00. The normalized spacial score (nSPS) is 21.4. The zero-order valence-corrected chi connectivity index (χ0v) is 20.7. The van der Waals surface area contributed by atoms with Crippen LogP contribution in [0.2, 0.25) is 15.1 Å². The Hall–Kier alpha value is -3.29. The van der Waals surface area contributed by atoms with Gasteiger partial charge in [-0.25, -0.2) is 9.96 Å². The minimum atomic E-state index is -1.00. The van der Waals surface area contributed by atoms with E-state index < -0.39 is 24.0 Å². The number of para-hydroxylation sites is 1. The highest BCUT2D eigenvalue weighted by molar-refractivity contribution is 6.42. The van der Waals surface area contributed by atoms with Crippen molar-refractivity contribution in [3.8, 4) is 11.3 Å². The van der Waals surface area contributed by atoms with Crippen molar-refractivity contribution in [2.24, 2.45) is 5.92 Å². The summed E-state index contributed by atoms with van der Waals surface area (Å²) in [5, 5.41) is 2.93. The van der Waals surface area contributed by atoms with Crippen LogP contribution in [0.5, 0.6) is 0 Å². The third-order valence-electron chi connectivity index (χ3n) is 6.33. The van der Waals surface area contributed by atoms with Crippen molar-refractivity contribution in [2.75, 3.05) is 9.96 Å². The molecule has 4 aromatic rings. The maximum Gasteiger partial charge on any atom is 0.266 e. The van der Waals surface area contributed by atoms with Crippen molar-refractivity contribution >= 4 is 58.0 Å². The van der Waals surface area contributed by atoms with Gasteiger partial charge in [0.1, 0.15) is 23.5 Å². The summed E-state index contributed by atoms with van der Waals surface area (Å²) >= 11 is 18.3. The van der Waals surface area contributed by atoms with Crippen LogP contribution >= 0.6 is 34.8 Å². The second kappa shape index (κ2) is 8.98. The van der Waals surface area contributed by atoms with E-state index in [1.54, 1.807) is 59.7 Å². The van der Waals surface area contributed by atoms with Crippen molar-refractivity contribution in [3.05, 3.63) is 106 Å². The Kier molecular flexibility index (Phi) is 5.77. The fourth-order valence-electron chi connectivity index (χ4n) is 4.66. The molecule has 0 aliphatic carbocycles. The summed E-state index contributed by atoms with van der Waals surface area (Å²) in [5.41, 5.74) is 1.87. The molecule has 6 nitrogen and oxygen atoms in total. The molecule has 3 heterocycles. The molecule has 0 saturated carbocycles. The largest absolute Gasteiger partial charge is 0.459 e. The van der Waals surface area contributed by atoms with Crippen molar-refractivity contribution in [3.63, 3.8) is 0 Å². The van der Waals surface area contributed by atoms with Crippen LogP contribution in [0.3, 0.4) is 0 Å². The Morgan fingerprint density at radius 3 is 2.19 bits per heavy atom. The Labute approximate surface area is 221 Å². The number of imide groups is 1. The predicted molar refractivity (Wildman–Crippen MR) is 138 cm³/mol. The lowest BCUT2D eigenvalue weighted by molar-refractivity contribution is -0.126. The lowest BCUT2D eigenvalue weighted by Crippen LogP contribution is -2.37. The van der Waals surface area contributed by atoms with E-state index in [9.17, 15) is 9.59 Å². The lowest BCUT2D eigenvalue weighted by Gasteiger charge is -2.27. The molecule has 6 rings (SSSR count). The fourth-order valence-corrected chi connectivity index (χ4v) is 5.09. The average Bonchev–Trinajstić information content (AvgIpc) is 3.58. The van der Waals surface area contributed by atoms with Crippen LogP contribution < -0.4 is 9.96 Å². The highest BCUT2D eigenvalue weighted by atomic mass is 35.5. The SMILES string of the molecule is O=C1[C@H]2[C@@H](c3ccc(-c4ccc(Cl)c(Cl)c4)o3)N(c3ccccc3)O[C@H]2C(=O)N1c1ccc(Cl)cc1. The van der Waals surface area contributed by atoms with Crippen molar-refractivity contribution in [1.82, 2.24) is 0 Å². The maximum atomic E-state index is 13.7. The highest BCUT2D eigenvalue weighted by Gasteiger charge is 2.61. The molecule has 2 saturated heterocycles. The molecule has 2 amide bonds. The number of hydrogen-bond acceptors (Lipinski definition) is 5. The van der Waals surface area contributed by atoms with Gasteiger partial charge in [-0.3, -0.25) is 14.4 Å². The molecule has 0 spiro atoms. The van der Waals surface area contributed by atoms with Crippen LogP contribution in [0.25, 0.3) is 11.3 Å². The average molecular weight is 540 g/mol. The van der Waals surface area contributed by atoms with Gasteiger partial charge in [-0.05, 0) is 66.7 Å². The van der Waals surface area contributed by atoms with Crippen LogP contribution in [-0.4, -0.2) is 17.9 Å². The number of carbonyl (C=O) groups excluding carboxylic acids is 2. The Morgan fingerprint density at radius 2 is 1.47 bits per heavy atom. The van der Waals surface area contributed by atoms with Crippen LogP contribution in [0.4, 0.5) is 11.4 Å². The number of halogens is 3. The summed E-state index contributed by atoms with van der Waals surface area (Å²) in [5.74, 6) is -0.602. The van der Waals surface area contributed by atoms with Gasteiger partial charge >= 0.3 is 0 Å². The van der Waals surface area contributed by atoms with E-state index in [-0.39, 0.29) is 5.91 Å². The van der Waals surface area contributed by atoms with Gasteiger partial charge in [0.25, 0.3) is 5.91 Å². The molecule has 3 aromatic carbocycles. The van der Waals surface area contributed by atoms with Gasteiger partial charge in [-0.1, -0.05) is 53.0 Å². The standard InChI is InChI=1S/C27H17Cl3N2O4/c28-16-7-9-17(10-8-16)31-26(33)23-24(32(36-25(23)27(31)34)18-4-2-1-3-5-18)22-13-12-21(35-22)15-6-11-19(29)20(30)14-15/h1-14,23-25H/t23-,24+,25+/m0/s1. The van der Waals surface area contributed by atoms with Crippen LogP contribution in [0.1, 0.15) is 11.8 Å². The van der Waals surface area contributed by atoms with Gasteiger partial charge < -0.3 is 4.42 Å². The molecule has 0 N–H and O–H groups in total. The van der Waals surface area contributed by atoms with Gasteiger partial charge in [0.05, 0.1) is 21.4 Å². The first-order valence-corrected chi connectivity index (χ1v) is 12.3. The minimum absolute atomic E-state index is 0.372. The molecule has 0 unspecified atom stereocenters. The smallest absolute Gasteiger partial charge is 0.266 e. The van der Waals surface area contributed by atoms with E-state index in [0.717, 1.165) is 10.5 Å². The molecule has 2 fully saturated rings. The first kappa shape index (κ1) is 23.1. The van der Waals surface area contributed by atoms with Gasteiger partial charge in [0.2, 0.25) is 5.91 Å². The van der Waals surface area contributed by atoms with Crippen molar-refractivity contribution < 1.29 is 18.8 Å². The fraction of sp³-hybridized carbons (Fsp3) is 0.111. The quantitative estimate of drug-likeness (QED) is 0.262. The van der Waals surface area contributed by atoms with E-state index in [4.69, 9.17) is 44.1 Å². The zero-order chi connectivity index (χ0) is 25.0. The van der Waals surface area contributed by atoms with Crippen LogP contribution in [0, 0.1) is 5.92 Å². The van der Waals surface area contributed by atoms with Gasteiger partial charge in [0.15, 0.2) is 6.10 Å². The second-order valence-electron chi connectivity index (χ2n) is 8.48. The maximum absolute atomic E-state index is 13.7. The number of carbonyl (C=O) groups is 2. The summed E-state index contributed by atoms with van der Waals surface area (Å²) in [4.78, 5) is 34.4. The molecule has 36 heavy (non-hydrogen) atoms. The summed E-state index contributed by atoms with van der Waals surface area (Å²) in [6.45, 7) is 0. The van der Waals surface area contributed by atoms with Crippen molar-refractivity contribution in [2.45, 2.75) is 12.1 Å². The van der Waals surface area contributed by atoms with E-state index in [1.165, 1.54) is 0 Å². The molecular weight excluding hydrogens is 523 g/mol. The van der Waals surface area contributed by atoms with Gasteiger partial charge in [-0.15, -0.1) is 0 Å². The molecule has 2 aliphatic heterocycles. The lowest BCUT2D eigenvalue weighted by atomic mass is 9.94. The third kappa shape index (κ3) is 3.78. The number of hydrogen-bond donors (Lipinski definition) is 0. The predicted octanol–water partition coefficient (Wildman–Crippen LogP) is 6.96. The van der Waals surface area contributed by atoms with Gasteiger partial charge in [0, 0.05) is 10.6 Å². The number of amides is 2. The molecular formula is C27H17Cl3N2O4. The van der Waals surface area contributed by atoms with E-state index in [1.807, 2.05) is 30.3 Å². The van der Waals surface area contributed by atoms with Crippen molar-refractivity contribution in [1.29, 1.82) is 0 Å². The second-order valence-corrected chi connectivity index (χ2v) is 9.73. The Bertz CT molecular complexity index is 1470. The van der Waals surface area contributed by atoms with E-state index >= 15 is 0 Å². The van der Waals surface area contributed by atoms with E-state index in [2.05, 4.69) is 0 Å². The number of fused-ring (bicyclic) bond motifs is 1.